The zero-order chi connectivity index (χ0) is 42.0. The summed E-state index contributed by atoms with van der Waals surface area (Å²) in [4.78, 5) is 49.7. The van der Waals surface area contributed by atoms with E-state index in [4.69, 9.17) is 24.4 Å². The zero-order valence-corrected chi connectivity index (χ0v) is 37.2. The molecule has 0 aliphatic heterocycles. The van der Waals surface area contributed by atoms with Gasteiger partial charge in [-0.2, -0.15) is 0 Å². The molecule has 10 heteroatoms. The van der Waals surface area contributed by atoms with E-state index in [1.807, 2.05) is 0 Å². The number of aliphatic carboxylic acids is 2. The van der Waals surface area contributed by atoms with Crippen LogP contribution in [0.3, 0.4) is 0 Å². The third-order valence-corrected chi connectivity index (χ3v) is 11.2. The standard InChI is InChI=1S/C47H89NO9/c1-4-7-8-9-10-11-12-17-24-29-35-43(57-47(54)55-41-32-40-48(5-2)6-3)38-39-46(53)56-42(33-27-22-18-13-15-20-25-30-36-44(49)50)34-28-23-19-14-16-21-26-31-37-45(51)52/h42-43H,4-41H2,1-3H3,(H,49,50)(H,51,52). The minimum absolute atomic E-state index is 0.110. The molecule has 0 heterocycles. The minimum atomic E-state index is -0.718. The van der Waals surface area contributed by atoms with E-state index in [1.165, 1.54) is 51.4 Å². The molecule has 0 saturated heterocycles. The maximum Gasteiger partial charge on any atom is 0.508 e. The molecule has 1 unspecified atom stereocenters. The second-order valence-corrected chi connectivity index (χ2v) is 16.4. The van der Waals surface area contributed by atoms with Gasteiger partial charge in [0.1, 0.15) is 12.2 Å². The van der Waals surface area contributed by atoms with Gasteiger partial charge in [0, 0.05) is 25.8 Å². The summed E-state index contributed by atoms with van der Waals surface area (Å²) >= 11 is 0. The Balaban J connectivity index is 4.93. The molecule has 0 fully saturated rings. The Hall–Kier alpha value is -2.36. The van der Waals surface area contributed by atoms with Crippen molar-refractivity contribution in [2.24, 2.45) is 0 Å². The Morgan fingerprint density at radius 3 is 1.19 bits per heavy atom. The van der Waals surface area contributed by atoms with Crippen LogP contribution in [-0.2, 0) is 28.6 Å². The van der Waals surface area contributed by atoms with Crippen LogP contribution < -0.4 is 0 Å². The summed E-state index contributed by atoms with van der Waals surface area (Å²) in [5.74, 6) is -1.65. The first-order valence-electron chi connectivity index (χ1n) is 23.9. The van der Waals surface area contributed by atoms with Gasteiger partial charge >= 0.3 is 24.1 Å². The summed E-state index contributed by atoms with van der Waals surface area (Å²) in [5.41, 5.74) is 0. The molecule has 2 N–H and O–H groups in total. The van der Waals surface area contributed by atoms with Gasteiger partial charge in [-0.15, -0.1) is 0 Å². The number of unbranched alkanes of at least 4 members (excludes halogenated alkanes) is 23. The van der Waals surface area contributed by atoms with Crippen molar-refractivity contribution in [3.63, 3.8) is 0 Å². The summed E-state index contributed by atoms with van der Waals surface area (Å²) in [7, 11) is 0. The maximum atomic E-state index is 13.3. The third-order valence-electron chi connectivity index (χ3n) is 11.2. The van der Waals surface area contributed by atoms with Gasteiger partial charge in [-0.05, 0) is 77.3 Å². The smallest absolute Gasteiger partial charge is 0.481 e. The topological polar surface area (TPSA) is 140 Å². The number of nitrogens with zero attached hydrogens (tertiary/aromatic N) is 1. The van der Waals surface area contributed by atoms with Gasteiger partial charge in [0.15, 0.2) is 0 Å². The lowest BCUT2D eigenvalue weighted by molar-refractivity contribution is -0.150. The molecule has 10 nitrogen and oxygen atoms in total. The molecule has 0 aromatic carbocycles. The molecule has 0 spiro atoms. The molecule has 0 rings (SSSR count). The van der Waals surface area contributed by atoms with Crippen LogP contribution in [0, 0.1) is 0 Å². The van der Waals surface area contributed by atoms with E-state index in [0.717, 1.165) is 161 Å². The number of hydrogen-bond acceptors (Lipinski definition) is 8. The lowest BCUT2D eigenvalue weighted by Gasteiger charge is -2.21. The fourth-order valence-electron chi connectivity index (χ4n) is 7.48. The average molecular weight is 812 g/mol. The molecule has 57 heavy (non-hydrogen) atoms. The minimum Gasteiger partial charge on any atom is -0.481 e. The largest absolute Gasteiger partial charge is 0.508 e. The van der Waals surface area contributed by atoms with Crippen molar-refractivity contribution in [2.75, 3.05) is 26.2 Å². The number of rotatable bonds is 44. The number of carbonyl (C=O) groups excluding carboxylic acids is 2. The number of carboxylic acid groups (broad SMARTS) is 2. The Bertz CT molecular complexity index is 908. The highest BCUT2D eigenvalue weighted by atomic mass is 16.7. The van der Waals surface area contributed by atoms with Gasteiger partial charge in [-0.3, -0.25) is 14.4 Å². The molecule has 0 aromatic heterocycles. The summed E-state index contributed by atoms with van der Waals surface area (Å²) < 4.78 is 17.4. The van der Waals surface area contributed by atoms with Crippen molar-refractivity contribution < 1.29 is 43.6 Å². The molecule has 0 bridgehead atoms. The van der Waals surface area contributed by atoms with Crippen molar-refractivity contribution in [2.45, 2.75) is 251 Å². The van der Waals surface area contributed by atoms with E-state index in [1.54, 1.807) is 0 Å². The number of hydrogen-bond donors (Lipinski definition) is 2. The Morgan fingerprint density at radius 2 is 0.807 bits per heavy atom. The van der Waals surface area contributed by atoms with E-state index in [0.29, 0.717) is 13.0 Å². The van der Waals surface area contributed by atoms with Gasteiger partial charge in [0.05, 0.1) is 6.61 Å². The summed E-state index contributed by atoms with van der Waals surface area (Å²) in [6.07, 6.45) is 32.2. The molecule has 336 valence electrons. The number of carbonyl (C=O) groups is 4. The van der Waals surface area contributed by atoms with Crippen molar-refractivity contribution in [1.29, 1.82) is 0 Å². The first kappa shape index (κ1) is 54.6. The third kappa shape index (κ3) is 40.2. The van der Waals surface area contributed by atoms with Gasteiger partial charge in [-0.25, -0.2) is 4.79 Å². The number of ether oxygens (including phenoxy) is 3. The van der Waals surface area contributed by atoms with Crippen LogP contribution in [0.15, 0.2) is 0 Å². The normalized spacial score (nSPS) is 11.9. The Labute approximate surface area is 349 Å². The van der Waals surface area contributed by atoms with Crippen molar-refractivity contribution in [1.82, 2.24) is 4.90 Å². The molecule has 1 atom stereocenters. The summed E-state index contributed by atoms with van der Waals surface area (Å²) in [6.45, 7) is 9.64. The second kappa shape index (κ2) is 41.8. The quantitative estimate of drug-likeness (QED) is 0.0451. The number of esters is 1. The van der Waals surface area contributed by atoms with Crippen LogP contribution in [0.25, 0.3) is 0 Å². The second-order valence-electron chi connectivity index (χ2n) is 16.4. The molecular formula is C47H89NO9. The Morgan fingerprint density at radius 1 is 0.439 bits per heavy atom. The fourth-order valence-corrected chi connectivity index (χ4v) is 7.48. The molecule has 0 aromatic rings. The average Bonchev–Trinajstić information content (AvgIpc) is 3.18. The van der Waals surface area contributed by atoms with Gasteiger partial charge in [0.2, 0.25) is 0 Å². The van der Waals surface area contributed by atoms with Crippen LogP contribution in [-0.4, -0.2) is 77.6 Å². The van der Waals surface area contributed by atoms with Crippen LogP contribution in [0.2, 0.25) is 0 Å². The lowest BCUT2D eigenvalue weighted by atomic mass is 10.0. The van der Waals surface area contributed by atoms with Crippen molar-refractivity contribution in [3.05, 3.63) is 0 Å². The van der Waals surface area contributed by atoms with Crippen molar-refractivity contribution >= 4 is 24.1 Å². The highest BCUT2D eigenvalue weighted by Crippen LogP contribution is 2.21. The first-order valence-corrected chi connectivity index (χ1v) is 23.9. The van der Waals surface area contributed by atoms with E-state index < -0.39 is 18.1 Å². The van der Waals surface area contributed by atoms with Crippen LogP contribution in [0.4, 0.5) is 4.79 Å². The van der Waals surface area contributed by atoms with E-state index in [9.17, 15) is 19.2 Å². The van der Waals surface area contributed by atoms with Crippen LogP contribution in [0.1, 0.15) is 239 Å². The molecule has 0 saturated carbocycles. The van der Waals surface area contributed by atoms with Crippen LogP contribution >= 0.6 is 0 Å². The predicted octanol–water partition coefficient (Wildman–Crippen LogP) is 13.2. The molecule has 0 aliphatic rings. The fraction of sp³-hybridized carbons (Fsp3) is 0.915. The van der Waals surface area contributed by atoms with E-state index in [2.05, 4.69) is 25.7 Å². The summed E-state index contributed by atoms with van der Waals surface area (Å²) in [5, 5.41) is 17.6. The van der Waals surface area contributed by atoms with E-state index >= 15 is 0 Å². The van der Waals surface area contributed by atoms with E-state index in [-0.39, 0.29) is 37.4 Å². The summed E-state index contributed by atoms with van der Waals surface area (Å²) in [6, 6.07) is 0. The monoisotopic (exact) mass is 812 g/mol. The molecular weight excluding hydrogens is 723 g/mol. The lowest BCUT2D eigenvalue weighted by Crippen LogP contribution is -2.26. The zero-order valence-electron chi connectivity index (χ0n) is 37.2. The van der Waals surface area contributed by atoms with Crippen molar-refractivity contribution in [3.8, 4) is 0 Å². The first-order chi connectivity index (χ1) is 27.7. The maximum absolute atomic E-state index is 13.3. The van der Waals surface area contributed by atoms with Crippen LogP contribution in [0.5, 0.6) is 0 Å². The van der Waals surface area contributed by atoms with Gasteiger partial charge < -0.3 is 29.3 Å². The SMILES string of the molecule is CCCCCCCCCCCCC(CCC(=O)OC(CCCCCCCCCCC(=O)O)CCCCCCCCCCC(=O)O)OC(=O)OCCCN(CC)CC. The van der Waals surface area contributed by atoms with Gasteiger partial charge in [-0.1, -0.05) is 156 Å². The predicted molar refractivity (Wildman–Crippen MR) is 232 cm³/mol. The number of carboxylic acids is 2. The highest BCUT2D eigenvalue weighted by Gasteiger charge is 2.20. The van der Waals surface area contributed by atoms with Gasteiger partial charge in [0.25, 0.3) is 0 Å². The molecule has 0 amide bonds. The molecule has 0 aliphatic carbocycles. The Kier molecular flexibility index (Phi) is 40.1. The highest BCUT2D eigenvalue weighted by molar-refractivity contribution is 5.69. The molecule has 0 radical (unpaired) electrons.